The maximum absolute atomic E-state index is 11.3. The summed E-state index contributed by atoms with van der Waals surface area (Å²) in [6, 6.07) is 10.3. The molecule has 1 fully saturated rings. The van der Waals surface area contributed by atoms with Crippen LogP contribution in [0.2, 0.25) is 0 Å². The van der Waals surface area contributed by atoms with Gasteiger partial charge in [0.2, 0.25) is 10.0 Å². The molecule has 0 saturated heterocycles. The molecule has 1 aromatic heterocycles. The zero-order valence-electron chi connectivity index (χ0n) is 10.7. The van der Waals surface area contributed by atoms with E-state index in [0.29, 0.717) is 11.0 Å². The van der Waals surface area contributed by atoms with Gasteiger partial charge in [0.1, 0.15) is 0 Å². The van der Waals surface area contributed by atoms with E-state index in [-0.39, 0.29) is 10.3 Å². The number of anilines is 1. The smallest absolute Gasteiger partial charge is 0.249 e. The summed E-state index contributed by atoms with van der Waals surface area (Å²) in [5.41, 5.74) is 1.20. The Morgan fingerprint density at radius 3 is 2.55 bits per heavy atom. The molecule has 7 heteroatoms. The molecule has 0 bridgehead atoms. The Morgan fingerprint density at radius 2 is 2.00 bits per heavy atom. The third kappa shape index (κ3) is 3.00. The molecule has 3 rings (SSSR count). The summed E-state index contributed by atoms with van der Waals surface area (Å²) >= 11 is 1.07. The molecule has 1 heterocycles. The Hall–Kier alpha value is -1.44. The maximum atomic E-state index is 11.3. The van der Waals surface area contributed by atoms with Crippen LogP contribution in [-0.4, -0.2) is 13.4 Å². The van der Waals surface area contributed by atoms with Crippen molar-refractivity contribution in [3.63, 3.8) is 0 Å². The van der Waals surface area contributed by atoms with Gasteiger partial charge in [0.15, 0.2) is 9.34 Å². The number of nitrogens with zero attached hydrogens (tertiary/aromatic N) is 1. The van der Waals surface area contributed by atoms with Gasteiger partial charge in [-0.3, -0.25) is 0 Å². The Morgan fingerprint density at radius 1 is 1.30 bits per heavy atom. The summed E-state index contributed by atoms with van der Waals surface area (Å²) < 4.78 is 22.6. The first kappa shape index (κ1) is 13.5. The number of nitrogens with one attached hydrogen (secondary N) is 1. The summed E-state index contributed by atoms with van der Waals surface area (Å²) in [6.45, 7) is 0. The van der Waals surface area contributed by atoms with E-state index in [4.69, 9.17) is 5.14 Å². The van der Waals surface area contributed by atoms with Crippen molar-refractivity contribution in [3.8, 4) is 0 Å². The molecule has 0 spiro atoms. The average Bonchev–Trinajstić information content (AvgIpc) is 3.14. The van der Waals surface area contributed by atoms with Crippen molar-refractivity contribution in [3.05, 3.63) is 42.1 Å². The molecule has 0 aliphatic heterocycles. The van der Waals surface area contributed by atoms with Gasteiger partial charge in [-0.25, -0.2) is 18.5 Å². The summed E-state index contributed by atoms with van der Waals surface area (Å²) in [7, 11) is -3.67. The minimum atomic E-state index is -3.67. The Kier molecular flexibility index (Phi) is 3.49. The second kappa shape index (κ2) is 5.16. The lowest BCUT2D eigenvalue weighted by molar-refractivity contribution is 0.599. The van der Waals surface area contributed by atoms with Gasteiger partial charge < -0.3 is 5.32 Å². The van der Waals surface area contributed by atoms with Crippen LogP contribution < -0.4 is 10.5 Å². The topological polar surface area (TPSA) is 85.1 Å². The van der Waals surface area contributed by atoms with Gasteiger partial charge in [0, 0.05) is 0 Å². The van der Waals surface area contributed by atoms with Crippen molar-refractivity contribution in [1.29, 1.82) is 0 Å². The van der Waals surface area contributed by atoms with Crippen LogP contribution in [0.4, 0.5) is 5.13 Å². The standard InChI is InChI=1S/C13H15N3O2S2/c14-20(17,18)11-8-15-13(19-11)16-12(10-6-7-10)9-4-2-1-3-5-9/h1-5,8,10,12H,6-7H2,(H,15,16)(H2,14,17,18). The van der Waals surface area contributed by atoms with Crippen LogP contribution in [0.25, 0.3) is 0 Å². The number of sulfonamides is 1. The van der Waals surface area contributed by atoms with E-state index in [1.165, 1.54) is 24.6 Å². The molecule has 1 atom stereocenters. The van der Waals surface area contributed by atoms with Crippen molar-refractivity contribution in [1.82, 2.24) is 4.98 Å². The van der Waals surface area contributed by atoms with E-state index < -0.39 is 10.0 Å². The van der Waals surface area contributed by atoms with Gasteiger partial charge >= 0.3 is 0 Å². The fourth-order valence-electron chi connectivity index (χ4n) is 2.15. The number of hydrogen-bond acceptors (Lipinski definition) is 5. The summed E-state index contributed by atoms with van der Waals surface area (Å²) in [5.74, 6) is 0.583. The largest absolute Gasteiger partial charge is 0.354 e. The van der Waals surface area contributed by atoms with Crippen LogP contribution in [-0.2, 0) is 10.0 Å². The van der Waals surface area contributed by atoms with Crippen LogP contribution in [0.5, 0.6) is 0 Å². The second-order valence-electron chi connectivity index (χ2n) is 4.90. The van der Waals surface area contributed by atoms with E-state index in [9.17, 15) is 8.42 Å². The SMILES string of the molecule is NS(=O)(=O)c1cnc(NC(c2ccccc2)C2CC2)s1. The van der Waals surface area contributed by atoms with Gasteiger partial charge in [-0.1, -0.05) is 41.7 Å². The number of primary sulfonamides is 1. The minimum Gasteiger partial charge on any atom is -0.354 e. The molecule has 0 radical (unpaired) electrons. The third-order valence-electron chi connectivity index (χ3n) is 3.30. The molecular formula is C13H15N3O2S2. The molecular weight excluding hydrogens is 294 g/mol. The monoisotopic (exact) mass is 309 g/mol. The zero-order valence-corrected chi connectivity index (χ0v) is 12.3. The van der Waals surface area contributed by atoms with Crippen LogP contribution in [0.15, 0.2) is 40.7 Å². The zero-order chi connectivity index (χ0) is 14.2. The molecule has 1 unspecified atom stereocenters. The molecule has 2 aromatic rings. The number of thiazole rings is 1. The van der Waals surface area contributed by atoms with E-state index in [1.54, 1.807) is 0 Å². The van der Waals surface area contributed by atoms with E-state index in [2.05, 4.69) is 22.4 Å². The van der Waals surface area contributed by atoms with Crippen molar-refractivity contribution < 1.29 is 8.42 Å². The lowest BCUT2D eigenvalue weighted by Gasteiger charge is -2.17. The number of nitrogens with two attached hydrogens (primary N) is 1. The Labute approximate surface area is 121 Å². The van der Waals surface area contributed by atoms with Crippen LogP contribution >= 0.6 is 11.3 Å². The average molecular weight is 309 g/mol. The van der Waals surface area contributed by atoms with E-state index >= 15 is 0 Å². The third-order valence-corrected chi connectivity index (χ3v) is 5.63. The normalized spacial score (nSPS) is 16.9. The van der Waals surface area contributed by atoms with Crippen molar-refractivity contribution >= 4 is 26.5 Å². The van der Waals surface area contributed by atoms with Crippen molar-refractivity contribution in [2.75, 3.05) is 5.32 Å². The highest BCUT2D eigenvalue weighted by molar-refractivity contribution is 7.91. The molecule has 20 heavy (non-hydrogen) atoms. The first-order valence-electron chi connectivity index (χ1n) is 6.34. The predicted molar refractivity (Wildman–Crippen MR) is 79.0 cm³/mol. The molecule has 1 aliphatic rings. The number of benzene rings is 1. The molecule has 106 valence electrons. The van der Waals surface area contributed by atoms with E-state index in [0.717, 1.165) is 11.3 Å². The summed E-state index contributed by atoms with van der Waals surface area (Å²) in [5, 5.41) is 9.03. The Bertz CT molecular complexity index is 693. The first-order valence-corrected chi connectivity index (χ1v) is 8.70. The quantitative estimate of drug-likeness (QED) is 0.888. The molecule has 1 saturated carbocycles. The van der Waals surface area contributed by atoms with Gasteiger partial charge in [-0.15, -0.1) is 0 Å². The highest BCUT2D eigenvalue weighted by Gasteiger charge is 2.32. The second-order valence-corrected chi connectivity index (χ2v) is 7.72. The lowest BCUT2D eigenvalue weighted by Crippen LogP contribution is -2.12. The number of hydrogen-bond donors (Lipinski definition) is 2. The van der Waals surface area contributed by atoms with Gasteiger partial charge in [-0.2, -0.15) is 0 Å². The van der Waals surface area contributed by atoms with Gasteiger partial charge in [0.05, 0.1) is 12.2 Å². The molecule has 1 aliphatic carbocycles. The van der Waals surface area contributed by atoms with Crippen molar-refractivity contribution in [2.45, 2.75) is 23.1 Å². The highest BCUT2D eigenvalue weighted by Crippen LogP contribution is 2.43. The minimum absolute atomic E-state index is 0.0857. The van der Waals surface area contributed by atoms with E-state index in [1.807, 2.05) is 18.2 Å². The lowest BCUT2D eigenvalue weighted by atomic mass is 10.0. The fourth-order valence-corrected chi connectivity index (χ4v) is 3.64. The molecule has 5 nitrogen and oxygen atoms in total. The summed E-state index contributed by atoms with van der Waals surface area (Å²) in [6.07, 6.45) is 3.66. The number of aromatic nitrogens is 1. The molecule has 1 aromatic carbocycles. The van der Waals surface area contributed by atoms with Crippen molar-refractivity contribution in [2.24, 2.45) is 11.1 Å². The molecule has 3 N–H and O–H groups in total. The van der Waals surface area contributed by atoms with Gasteiger partial charge in [-0.05, 0) is 24.3 Å². The van der Waals surface area contributed by atoms with Crippen LogP contribution in [0.1, 0.15) is 24.4 Å². The van der Waals surface area contributed by atoms with Crippen LogP contribution in [0.3, 0.4) is 0 Å². The Balaban J connectivity index is 1.83. The van der Waals surface area contributed by atoms with Crippen LogP contribution in [0, 0.1) is 5.92 Å². The first-order chi connectivity index (χ1) is 9.54. The fraction of sp³-hybridized carbons (Fsp3) is 0.308. The predicted octanol–water partition coefficient (Wildman–Crippen LogP) is 2.35. The highest BCUT2D eigenvalue weighted by atomic mass is 32.2. The maximum Gasteiger partial charge on any atom is 0.249 e. The summed E-state index contributed by atoms with van der Waals surface area (Å²) in [4.78, 5) is 4.11. The number of rotatable bonds is 5. The van der Waals surface area contributed by atoms with Gasteiger partial charge in [0.25, 0.3) is 0 Å². The molecule has 0 amide bonds.